The van der Waals surface area contributed by atoms with Gasteiger partial charge in [-0.15, -0.1) is 23.2 Å². The van der Waals surface area contributed by atoms with E-state index in [0.29, 0.717) is 0 Å². The van der Waals surface area contributed by atoms with Crippen LogP contribution in [0.15, 0.2) is 0 Å². The van der Waals surface area contributed by atoms with E-state index in [1.165, 1.54) is 38.5 Å². The lowest BCUT2D eigenvalue weighted by molar-refractivity contribution is -0.0215. The van der Waals surface area contributed by atoms with Crippen LogP contribution in [0, 0.1) is 0 Å². The van der Waals surface area contributed by atoms with Gasteiger partial charge in [-0.3, -0.25) is 0 Å². The first kappa shape index (κ1) is 21.5. The second-order valence-electron chi connectivity index (χ2n) is 6.05. The summed E-state index contributed by atoms with van der Waals surface area (Å²) < 4.78 is 6.27. The smallest absolute Gasteiger partial charge is 0.0740 e. The molecule has 0 N–H and O–H groups in total. The first-order chi connectivity index (χ1) is 10.1. The van der Waals surface area contributed by atoms with Crippen LogP contribution in [0.2, 0.25) is 0 Å². The van der Waals surface area contributed by atoms with E-state index in [2.05, 4.69) is 27.7 Å². The first-order valence-electron chi connectivity index (χ1n) is 9.04. The van der Waals surface area contributed by atoms with Gasteiger partial charge in [-0.25, -0.2) is 0 Å². The van der Waals surface area contributed by atoms with Crippen molar-refractivity contribution in [1.29, 1.82) is 0 Å². The first-order valence-corrected chi connectivity index (χ1v) is 9.91. The van der Waals surface area contributed by atoms with Crippen LogP contribution >= 0.6 is 23.2 Å². The van der Waals surface area contributed by atoms with Gasteiger partial charge >= 0.3 is 0 Å². The van der Waals surface area contributed by atoms with E-state index >= 15 is 0 Å². The number of hydrogen-bond acceptors (Lipinski definition) is 1. The SMILES string of the molecule is CCCCCC(Cl)C(CC)OC(CC)C(Cl)CCCCC. The van der Waals surface area contributed by atoms with Gasteiger partial charge in [0.15, 0.2) is 0 Å². The van der Waals surface area contributed by atoms with E-state index in [-0.39, 0.29) is 23.0 Å². The molecule has 0 aliphatic heterocycles. The fraction of sp³-hybridized carbons (Fsp3) is 1.00. The molecular formula is C18H36Cl2O. The molecule has 1 nitrogen and oxygen atoms in total. The quantitative estimate of drug-likeness (QED) is 0.246. The third-order valence-corrected chi connectivity index (χ3v) is 5.13. The number of rotatable bonds is 14. The standard InChI is InChI=1S/C18H36Cl2O/c1-5-9-11-13-15(19)17(7-3)21-18(8-4)16(20)14-12-10-6-2/h15-18H,5-14H2,1-4H3. The summed E-state index contributed by atoms with van der Waals surface area (Å²) in [6, 6.07) is 0. The van der Waals surface area contributed by atoms with Crippen molar-refractivity contribution in [1.82, 2.24) is 0 Å². The minimum Gasteiger partial charge on any atom is -0.372 e. The lowest BCUT2D eigenvalue weighted by Gasteiger charge is -2.29. The summed E-state index contributed by atoms with van der Waals surface area (Å²) in [5, 5.41) is 0.241. The molecule has 0 aliphatic rings. The Labute approximate surface area is 143 Å². The molecule has 0 heterocycles. The van der Waals surface area contributed by atoms with E-state index in [1.54, 1.807) is 0 Å². The zero-order valence-corrected chi connectivity index (χ0v) is 16.1. The van der Waals surface area contributed by atoms with E-state index in [0.717, 1.165) is 25.7 Å². The molecule has 0 bridgehead atoms. The van der Waals surface area contributed by atoms with Gasteiger partial charge in [0.1, 0.15) is 0 Å². The molecule has 21 heavy (non-hydrogen) atoms. The highest BCUT2D eigenvalue weighted by Crippen LogP contribution is 2.24. The minimum atomic E-state index is 0.120. The molecule has 3 heteroatoms. The monoisotopic (exact) mass is 338 g/mol. The van der Waals surface area contributed by atoms with Crippen LogP contribution in [0.25, 0.3) is 0 Å². The van der Waals surface area contributed by atoms with Crippen molar-refractivity contribution in [2.24, 2.45) is 0 Å². The molecule has 0 saturated carbocycles. The van der Waals surface area contributed by atoms with Gasteiger partial charge in [0.2, 0.25) is 0 Å². The van der Waals surface area contributed by atoms with Crippen LogP contribution in [0.1, 0.15) is 91.9 Å². The zero-order chi connectivity index (χ0) is 16.1. The molecule has 0 aromatic rings. The molecule has 4 atom stereocenters. The van der Waals surface area contributed by atoms with E-state index in [1.807, 2.05) is 0 Å². The summed E-state index contributed by atoms with van der Waals surface area (Å²) in [5.41, 5.74) is 0. The highest BCUT2D eigenvalue weighted by atomic mass is 35.5. The van der Waals surface area contributed by atoms with Gasteiger partial charge < -0.3 is 4.74 Å². The van der Waals surface area contributed by atoms with Crippen LogP contribution in [0.4, 0.5) is 0 Å². The highest BCUT2D eigenvalue weighted by Gasteiger charge is 2.25. The predicted octanol–water partition coefficient (Wildman–Crippen LogP) is 6.94. The Kier molecular flexibility index (Phi) is 14.5. The normalized spacial score (nSPS) is 17.4. The molecule has 128 valence electrons. The average Bonchev–Trinajstić information content (AvgIpc) is 2.48. The number of unbranched alkanes of at least 4 members (excludes halogenated alkanes) is 4. The fourth-order valence-corrected chi connectivity index (χ4v) is 3.43. The second-order valence-corrected chi connectivity index (χ2v) is 7.17. The Morgan fingerprint density at radius 1 is 0.667 bits per heavy atom. The molecule has 0 aromatic heterocycles. The van der Waals surface area contributed by atoms with Gasteiger partial charge in [-0.2, -0.15) is 0 Å². The zero-order valence-electron chi connectivity index (χ0n) is 14.5. The van der Waals surface area contributed by atoms with Crippen molar-refractivity contribution in [2.75, 3.05) is 0 Å². The van der Waals surface area contributed by atoms with Crippen molar-refractivity contribution in [3.05, 3.63) is 0 Å². The molecule has 4 unspecified atom stereocenters. The molecule has 0 aromatic carbocycles. The van der Waals surface area contributed by atoms with Gasteiger partial charge in [-0.05, 0) is 25.7 Å². The number of ether oxygens (including phenoxy) is 1. The molecule has 0 radical (unpaired) electrons. The summed E-state index contributed by atoms with van der Waals surface area (Å²) in [6.45, 7) is 8.76. The van der Waals surface area contributed by atoms with Gasteiger partial charge in [0, 0.05) is 0 Å². The van der Waals surface area contributed by atoms with Crippen LogP contribution in [0.5, 0.6) is 0 Å². The van der Waals surface area contributed by atoms with Crippen LogP contribution in [-0.2, 0) is 4.74 Å². The molecule has 0 amide bonds. The molecule has 0 fully saturated rings. The molecular weight excluding hydrogens is 303 g/mol. The summed E-state index contributed by atoms with van der Waals surface area (Å²) in [5.74, 6) is 0. The van der Waals surface area contributed by atoms with Crippen molar-refractivity contribution in [3.8, 4) is 0 Å². The fourth-order valence-electron chi connectivity index (χ4n) is 2.65. The lowest BCUT2D eigenvalue weighted by atomic mass is 10.0. The maximum Gasteiger partial charge on any atom is 0.0740 e. The Morgan fingerprint density at radius 3 is 1.33 bits per heavy atom. The number of hydrogen-bond donors (Lipinski definition) is 0. The third-order valence-electron chi connectivity index (χ3n) is 4.13. The summed E-state index contributed by atoms with van der Waals surface area (Å²) in [4.78, 5) is 0. The van der Waals surface area contributed by atoms with Gasteiger partial charge in [-0.1, -0.05) is 66.2 Å². The molecule has 0 saturated heterocycles. The second kappa shape index (κ2) is 14.2. The van der Waals surface area contributed by atoms with Crippen molar-refractivity contribution < 1.29 is 4.74 Å². The van der Waals surface area contributed by atoms with Crippen molar-refractivity contribution >= 4 is 23.2 Å². The third kappa shape index (κ3) is 10.0. The summed E-state index contributed by atoms with van der Waals surface area (Å²) in [7, 11) is 0. The predicted molar refractivity (Wildman–Crippen MR) is 96.8 cm³/mol. The summed E-state index contributed by atoms with van der Waals surface area (Å²) >= 11 is 13.1. The Hall–Kier alpha value is 0.540. The van der Waals surface area contributed by atoms with E-state index in [4.69, 9.17) is 27.9 Å². The van der Waals surface area contributed by atoms with Crippen LogP contribution in [-0.4, -0.2) is 23.0 Å². The van der Waals surface area contributed by atoms with Crippen LogP contribution in [0.3, 0.4) is 0 Å². The lowest BCUT2D eigenvalue weighted by Crippen LogP contribution is -2.34. The Balaban J connectivity index is 4.25. The Bertz CT molecular complexity index is 201. The topological polar surface area (TPSA) is 9.23 Å². The summed E-state index contributed by atoms with van der Waals surface area (Å²) in [6.07, 6.45) is 11.7. The van der Waals surface area contributed by atoms with Gasteiger partial charge in [0.25, 0.3) is 0 Å². The number of alkyl halides is 2. The van der Waals surface area contributed by atoms with E-state index < -0.39 is 0 Å². The maximum absolute atomic E-state index is 6.55. The largest absolute Gasteiger partial charge is 0.372 e. The highest BCUT2D eigenvalue weighted by molar-refractivity contribution is 6.21. The maximum atomic E-state index is 6.55. The molecule has 0 aliphatic carbocycles. The number of halogens is 2. The van der Waals surface area contributed by atoms with Crippen molar-refractivity contribution in [3.63, 3.8) is 0 Å². The van der Waals surface area contributed by atoms with E-state index in [9.17, 15) is 0 Å². The average molecular weight is 339 g/mol. The molecule has 0 spiro atoms. The van der Waals surface area contributed by atoms with Gasteiger partial charge in [0.05, 0.1) is 23.0 Å². The Morgan fingerprint density at radius 2 is 1.05 bits per heavy atom. The molecule has 0 rings (SSSR count). The van der Waals surface area contributed by atoms with Crippen molar-refractivity contribution in [2.45, 2.75) is 115 Å². The minimum absolute atomic E-state index is 0.120. The van der Waals surface area contributed by atoms with Crippen LogP contribution < -0.4 is 0 Å².